The van der Waals surface area contributed by atoms with E-state index in [1.165, 1.54) is 25.7 Å². The maximum absolute atomic E-state index is 6.28. The molecular weight excluding hydrogens is 234 g/mol. The van der Waals surface area contributed by atoms with Gasteiger partial charge in [-0.1, -0.05) is 19.8 Å². The molecule has 1 aromatic carbocycles. The third-order valence-corrected chi connectivity index (χ3v) is 4.28. The first-order valence-corrected chi connectivity index (χ1v) is 7.15. The van der Waals surface area contributed by atoms with E-state index < -0.39 is 0 Å². The van der Waals surface area contributed by atoms with Crippen molar-refractivity contribution >= 4 is 22.3 Å². The Kier molecular flexibility index (Phi) is 3.28. The third-order valence-electron chi connectivity index (χ3n) is 4.28. The smallest absolute Gasteiger partial charge is 0.0724 e. The Labute approximate surface area is 114 Å². The Bertz CT molecular complexity index is 579. The zero-order valence-electron chi connectivity index (χ0n) is 11.4. The van der Waals surface area contributed by atoms with Crippen LogP contribution in [0.25, 0.3) is 10.9 Å². The molecule has 0 aliphatic heterocycles. The SMILES string of the molecule is CC1CCCCC1Nc1ccc2ncccc2c1N. The van der Waals surface area contributed by atoms with Gasteiger partial charge in [0.25, 0.3) is 0 Å². The first kappa shape index (κ1) is 12.3. The van der Waals surface area contributed by atoms with Crippen LogP contribution in [0.3, 0.4) is 0 Å². The summed E-state index contributed by atoms with van der Waals surface area (Å²) in [6, 6.07) is 8.62. The summed E-state index contributed by atoms with van der Waals surface area (Å²) in [5, 5.41) is 4.68. The first-order chi connectivity index (χ1) is 9.25. The molecule has 1 aliphatic carbocycles. The van der Waals surface area contributed by atoms with Crippen molar-refractivity contribution < 1.29 is 0 Å². The lowest BCUT2D eigenvalue weighted by atomic mass is 9.86. The first-order valence-electron chi connectivity index (χ1n) is 7.15. The van der Waals surface area contributed by atoms with Crippen LogP contribution < -0.4 is 11.1 Å². The van der Waals surface area contributed by atoms with E-state index in [1.54, 1.807) is 6.20 Å². The predicted octanol–water partition coefficient (Wildman–Crippen LogP) is 3.81. The van der Waals surface area contributed by atoms with E-state index in [-0.39, 0.29) is 0 Å². The highest BCUT2D eigenvalue weighted by molar-refractivity contribution is 5.96. The lowest BCUT2D eigenvalue weighted by Crippen LogP contribution is -2.30. The minimum absolute atomic E-state index is 0.546. The molecule has 3 N–H and O–H groups in total. The van der Waals surface area contributed by atoms with Crippen molar-refractivity contribution in [3.8, 4) is 0 Å². The van der Waals surface area contributed by atoms with Gasteiger partial charge in [0.1, 0.15) is 0 Å². The minimum Gasteiger partial charge on any atom is -0.397 e. The van der Waals surface area contributed by atoms with Gasteiger partial charge < -0.3 is 11.1 Å². The fourth-order valence-electron chi connectivity index (χ4n) is 3.03. The molecule has 0 amide bonds. The molecule has 2 atom stereocenters. The van der Waals surface area contributed by atoms with Crippen molar-refractivity contribution in [1.29, 1.82) is 0 Å². The van der Waals surface area contributed by atoms with E-state index in [0.717, 1.165) is 28.2 Å². The van der Waals surface area contributed by atoms with Gasteiger partial charge in [-0.05, 0) is 43.0 Å². The molecule has 3 rings (SSSR count). The quantitative estimate of drug-likeness (QED) is 0.802. The number of pyridine rings is 1. The topological polar surface area (TPSA) is 50.9 Å². The lowest BCUT2D eigenvalue weighted by Gasteiger charge is -2.31. The van der Waals surface area contributed by atoms with Crippen LogP contribution in [-0.4, -0.2) is 11.0 Å². The van der Waals surface area contributed by atoms with Crippen molar-refractivity contribution in [2.24, 2.45) is 5.92 Å². The third kappa shape index (κ3) is 2.37. The molecule has 1 heterocycles. The number of anilines is 2. The van der Waals surface area contributed by atoms with E-state index in [1.807, 2.05) is 18.2 Å². The van der Waals surface area contributed by atoms with Gasteiger partial charge in [-0.2, -0.15) is 0 Å². The molecule has 3 nitrogen and oxygen atoms in total. The molecule has 0 saturated heterocycles. The van der Waals surface area contributed by atoms with Crippen molar-refractivity contribution in [1.82, 2.24) is 4.98 Å². The number of benzene rings is 1. The summed E-state index contributed by atoms with van der Waals surface area (Å²) in [5.41, 5.74) is 9.12. The molecule has 3 heteroatoms. The van der Waals surface area contributed by atoms with Crippen LogP contribution in [0.1, 0.15) is 32.6 Å². The molecule has 0 radical (unpaired) electrons. The van der Waals surface area contributed by atoms with Crippen LogP contribution in [0.4, 0.5) is 11.4 Å². The Balaban J connectivity index is 1.90. The van der Waals surface area contributed by atoms with Crippen molar-refractivity contribution in [2.75, 3.05) is 11.1 Å². The fourth-order valence-corrected chi connectivity index (χ4v) is 3.03. The minimum atomic E-state index is 0.546. The number of fused-ring (bicyclic) bond motifs is 1. The second-order valence-electron chi connectivity index (χ2n) is 5.61. The number of nitrogens with two attached hydrogens (primary N) is 1. The summed E-state index contributed by atoms with van der Waals surface area (Å²) in [6.07, 6.45) is 7.03. The van der Waals surface area contributed by atoms with E-state index in [4.69, 9.17) is 5.73 Å². The number of hydrogen-bond acceptors (Lipinski definition) is 3. The summed E-state index contributed by atoms with van der Waals surface area (Å²) < 4.78 is 0. The van der Waals surface area contributed by atoms with Crippen molar-refractivity contribution in [2.45, 2.75) is 38.6 Å². The number of rotatable bonds is 2. The fraction of sp³-hybridized carbons (Fsp3) is 0.438. The summed E-state index contributed by atoms with van der Waals surface area (Å²) in [7, 11) is 0. The maximum atomic E-state index is 6.28. The molecule has 0 spiro atoms. The van der Waals surface area contributed by atoms with Crippen LogP contribution in [-0.2, 0) is 0 Å². The van der Waals surface area contributed by atoms with Crippen LogP contribution in [0.15, 0.2) is 30.5 Å². The highest BCUT2D eigenvalue weighted by atomic mass is 14.9. The maximum Gasteiger partial charge on any atom is 0.0724 e. The number of nitrogens with zero attached hydrogens (tertiary/aromatic N) is 1. The normalized spacial score (nSPS) is 23.4. The van der Waals surface area contributed by atoms with Gasteiger partial charge in [0.05, 0.1) is 16.9 Å². The second kappa shape index (κ2) is 5.08. The van der Waals surface area contributed by atoms with Crippen LogP contribution in [0, 0.1) is 5.92 Å². The molecular formula is C16H21N3. The average Bonchev–Trinajstić information content (AvgIpc) is 2.44. The van der Waals surface area contributed by atoms with Crippen molar-refractivity contribution in [3.63, 3.8) is 0 Å². The zero-order valence-corrected chi connectivity index (χ0v) is 11.4. The average molecular weight is 255 g/mol. The predicted molar refractivity (Wildman–Crippen MR) is 81.2 cm³/mol. The number of hydrogen-bond donors (Lipinski definition) is 2. The van der Waals surface area contributed by atoms with Gasteiger partial charge in [0, 0.05) is 17.6 Å². The second-order valence-corrected chi connectivity index (χ2v) is 5.61. The Morgan fingerprint density at radius 2 is 2.05 bits per heavy atom. The highest BCUT2D eigenvalue weighted by Crippen LogP contribution is 2.32. The molecule has 19 heavy (non-hydrogen) atoms. The van der Waals surface area contributed by atoms with Gasteiger partial charge >= 0.3 is 0 Å². The van der Waals surface area contributed by atoms with Gasteiger partial charge in [0.2, 0.25) is 0 Å². The van der Waals surface area contributed by atoms with Gasteiger partial charge in [-0.15, -0.1) is 0 Å². The summed E-state index contributed by atoms with van der Waals surface area (Å²) >= 11 is 0. The van der Waals surface area contributed by atoms with E-state index in [2.05, 4.69) is 23.3 Å². The Morgan fingerprint density at radius 3 is 2.89 bits per heavy atom. The van der Waals surface area contributed by atoms with E-state index in [9.17, 15) is 0 Å². The van der Waals surface area contributed by atoms with Gasteiger partial charge in [-0.3, -0.25) is 4.98 Å². The lowest BCUT2D eigenvalue weighted by molar-refractivity contribution is 0.349. The molecule has 2 aromatic rings. The molecule has 1 aromatic heterocycles. The molecule has 2 unspecified atom stereocenters. The highest BCUT2D eigenvalue weighted by Gasteiger charge is 2.21. The molecule has 0 bridgehead atoms. The summed E-state index contributed by atoms with van der Waals surface area (Å²) in [4.78, 5) is 4.34. The summed E-state index contributed by atoms with van der Waals surface area (Å²) in [5.74, 6) is 0.720. The number of nitrogen functional groups attached to an aromatic ring is 1. The van der Waals surface area contributed by atoms with Gasteiger partial charge in [0.15, 0.2) is 0 Å². The zero-order chi connectivity index (χ0) is 13.2. The van der Waals surface area contributed by atoms with Crippen LogP contribution in [0.2, 0.25) is 0 Å². The number of nitrogens with one attached hydrogen (secondary N) is 1. The van der Waals surface area contributed by atoms with Crippen LogP contribution in [0.5, 0.6) is 0 Å². The van der Waals surface area contributed by atoms with E-state index >= 15 is 0 Å². The monoisotopic (exact) mass is 255 g/mol. The molecule has 1 aliphatic rings. The standard InChI is InChI=1S/C16H21N3/c1-11-5-2-3-7-13(11)19-15-9-8-14-12(16(15)17)6-4-10-18-14/h4,6,8-11,13,19H,2-3,5,7,17H2,1H3. The summed E-state index contributed by atoms with van der Waals surface area (Å²) in [6.45, 7) is 2.33. The van der Waals surface area contributed by atoms with E-state index in [0.29, 0.717) is 6.04 Å². The number of aromatic nitrogens is 1. The van der Waals surface area contributed by atoms with Gasteiger partial charge in [-0.25, -0.2) is 0 Å². The largest absolute Gasteiger partial charge is 0.397 e. The molecule has 1 fully saturated rings. The van der Waals surface area contributed by atoms with Crippen LogP contribution >= 0.6 is 0 Å². The molecule has 100 valence electrons. The Hall–Kier alpha value is -1.77. The van der Waals surface area contributed by atoms with Crippen molar-refractivity contribution in [3.05, 3.63) is 30.5 Å². The molecule has 1 saturated carbocycles. The Morgan fingerprint density at radius 1 is 1.21 bits per heavy atom.